The van der Waals surface area contributed by atoms with Crippen molar-refractivity contribution in [2.75, 3.05) is 0 Å². The van der Waals surface area contributed by atoms with Gasteiger partial charge in [-0.25, -0.2) is 0 Å². The first kappa shape index (κ1) is 15.3. The average Bonchev–Trinajstić information content (AvgIpc) is 2.32. The smallest absolute Gasteiger partial charge is 0.0626 e. The van der Waals surface area contributed by atoms with Crippen LogP contribution in [0.15, 0.2) is 36.4 Å². The Morgan fingerprint density at radius 1 is 0.789 bits per heavy atom. The fourth-order valence-corrected chi connectivity index (χ4v) is 2.92. The molecular formula is C14H9Cl5. The maximum Gasteiger partial charge on any atom is 0.0626 e. The van der Waals surface area contributed by atoms with E-state index in [0.717, 1.165) is 11.1 Å². The zero-order chi connectivity index (χ0) is 14.0. The van der Waals surface area contributed by atoms with E-state index in [2.05, 4.69) is 0 Å². The minimum absolute atomic E-state index is 0.228. The third-order valence-electron chi connectivity index (χ3n) is 2.65. The van der Waals surface area contributed by atoms with Crippen LogP contribution in [-0.2, 0) is 6.42 Å². The van der Waals surface area contributed by atoms with Crippen molar-refractivity contribution in [3.63, 3.8) is 0 Å². The van der Waals surface area contributed by atoms with Crippen LogP contribution in [0.5, 0.6) is 0 Å². The number of alkyl halides is 1. The zero-order valence-electron chi connectivity index (χ0n) is 9.64. The van der Waals surface area contributed by atoms with Gasteiger partial charge >= 0.3 is 0 Å². The van der Waals surface area contributed by atoms with Gasteiger partial charge in [0.15, 0.2) is 0 Å². The highest BCUT2D eigenvalue weighted by molar-refractivity contribution is 6.42. The molecule has 2 aromatic rings. The highest BCUT2D eigenvalue weighted by atomic mass is 35.5. The second-order valence-corrected chi connectivity index (χ2v) is 6.34. The molecule has 2 aromatic carbocycles. The van der Waals surface area contributed by atoms with E-state index in [1.807, 2.05) is 24.3 Å². The van der Waals surface area contributed by atoms with Crippen LogP contribution in [0.3, 0.4) is 0 Å². The second kappa shape index (κ2) is 6.56. The van der Waals surface area contributed by atoms with Gasteiger partial charge < -0.3 is 0 Å². The Kier molecular flexibility index (Phi) is 5.28. The lowest BCUT2D eigenvalue weighted by atomic mass is 10.0. The molecular weight excluding hydrogens is 345 g/mol. The summed E-state index contributed by atoms with van der Waals surface area (Å²) >= 11 is 30.2. The van der Waals surface area contributed by atoms with E-state index in [1.165, 1.54) is 0 Å². The summed E-state index contributed by atoms with van der Waals surface area (Å²) < 4.78 is 0. The van der Waals surface area contributed by atoms with Crippen LogP contribution in [0.4, 0.5) is 0 Å². The molecule has 1 unspecified atom stereocenters. The fourth-order valence-electron chi connectivity index (χ4n) is 1.75. The fraction of sp³-hybridized carbons (Fsp3) is 0.143. The predicted octanol–water partition coefficient (Wildman–Crippen LogP) is 6.82. The van der Waals surface area contributed by atoms with Crippen molar-refractivity contribution in [2.24, 2.45) is 0 Å². The zero-order valence-corrected chi connectivity index (χ0v) is 13.4. The summed E-state index contributed by atoms with van der Waals surface area (Å²) in [5, 5.41) is 1.97. The highest BCUT2D eigenvalue weighted by Gasteiger charge is 2.11. The van der Waals surface area contributed by atoms with Crippen LogP contribution in [0, 0.1) is 0 Å². The molecule has 5 heteroatoms. The molecule has 0 aromatic heterocycles. The minimum Gasteiger partial charge on any atom is -0.117 e. The lowest BCUT2D eigenvalue weighted by Crippen LogP contribution is -1.96. The van der Waals surface area contributed by atoms with E-state index < -0.39 is 0 Å². The summed E-state index contributed by atoms with van der Waals surface area (Å²) in [5.74, 6) is 0. The molecule has 0 fully saturated rings. The highest BCUT2D eigenvalue weighted by Crippen LogP contribution is 2.31. The molecule has 0 aliphatic rings. The van der Waals surface area contributed by atoms with Crippen molar-refractivity contribution in [2.45, 2.75) is 11.8 Å². The van der Waals surface area contributed by atoms with Crippen molar-refractivity contribution in [3.05, 3.63) is 67.6 Å². The van der Waals surface area contributed by atoms with Crippen molar-refractivity contribution in [1.82, 2.24) is 0 Å². The molecule has 0 heterocycles. The number of hydrogen-bond donors (Lipinski definition) is 0. The van der Waals surface area contributed by atoms with Gasteiger partial charge in [0.1, 0.15) is 0 Å². The average molecular weight is 354 g/mol. The first-order valence-electron chi connectivity index (χ1n) is 5.49. The summed E-state index contributed by atoms with van der Waals surface area (Å²) in [7, 11) is 0. The van der Waals surface area contributed by atoms with Crippen molar-refractivity contribution < 1.29 is 0 Å². The van der Waals surface area contributed by atoms with E-state index in [1.54, 1.807) is 12.1 Å². The van der Waals surface area contributed by atoms with E-state index in [9.17, 15) is 0 Å². The molecule has 1 atom stereocenters. The van der Waals surface area contributed by atoms with Crippen LogP contribution in [0.25, 0.3) is 0 Å². The van der Waals surface area contributed by atoms with E-state index in [-0.39, 0.29) is 5.38 Å². The summed E-state index contributed by atoms with van der Waals surface area (Å²) in [4.78, 5) is 0. The monoisotopic (exact) mass is 352 g/mol. The molecule has 0 spiro atoms. The van der Waals surface area contributed by atoms with E-state index in [4.69, 9.17) is 58.0 Å². The first-order chi connectivity index (χ1) is 8.95. The Morgan fingerprint density at radius 2 is 1.42 bits per heavy atom. The van der Waals surface area contributed by atoms with Gasteiger partial charge in [-0.3, -0.25) is 0 Å². The van der Waals surface area contributed by atoms with Gasteiger partial charge in [0.05, 0.1) is 15.4 Å². The molecule has 0 aliphatic heterocycles. The lowest BCUT2D eigenvalue weighted by Gasteiger charge is -2.11. The number of halogens is 5. The van der Waals surface area contributed by atoms with Crippen LogP contribution < -0.4 is 0 Å². The number of rotatable bonds is 3. The molecule has 0 bridgehead atoms. The molecule has 0 saturated carbocycles. The first-order valence-corrected chi connectivity index (χ1v) is 7.44. The second-order valence-electron chi connectivity index (χ2n) is 4.12. The molecule has 0 radical (unpaired) electrons. The van der Waals surface area contributed by atoms with E-state index >= 15 is 0 Å². The summed E-state index contributed by atoms with van der Waals surface area (Å²) in [6, 6.07) is 10.8. The summed E-state index contributed by atoms with van der Waals surface area (Å²) in [6.07, 6.45) is 0.620. The summed E-state index contributed by atoms with van der Waals surface area (Å²) in [5.41, 5.74) is 1.88. The normalized spacial score (nSPS) is 12.5. The van der Waals surface area contributed by atoms with Crippen LogP contribution in [0.1, 0.15) is 16.5 Å². The van der Waals surface area contributed by atoms with Gasteiger partial charge in [0, 0.05) is 10.0 Å². The van der Waals surface area contributed by atoms with Crippen molar-refractivity contribution in [3.8, 4) is 0 Å². The van der Waals surface area contributed by atoms with Gasteiger partial charge in [-0.2, -0.15) is 0 Å². The Bertz CT molecular complexity index is 574. The molecule has 2 rings (SSSR count). The molecule has 0 N–H and O–H groups in total. The van der Waals surface area contributed by atoms with Crippen LogP contribution >= 0.6 is 58.0 Å². The maximum absolute atomic E-state index is 6.38. The third-order valence-corrected chi connectivity index (χ3v) is 4.23. The van der Waals surface area contributed by atoms with Gasteiger partial charge in [0.2, 0.25) is 0 Å². The lowest BCUT2D eigenvalue weighted by molar-refractivity contribution is 0.920. The molecule has 100 valence electrons. The van der Waals surface area contributed by atoms with Gasteiger partial charge in [-0.1, -0.05) is 52.5 Å². The summed E-state index contributed by atoms with van der Waals surface area (Å²) in [6.45, 7) is 0. The van der Waals surface area contributed by atoms with Crippen molar-refractivity contribution >= 4 is 58.0 Å². The van der Waals surface area contributed by atoms with Gasteiger partial charge in [-0.15, -0.1) is 11.6 Å². The van der Waals surface area contributed by atoms with Crippen LogP contribution in [0.2, 0.25) is 20.1 Å². The maximum atomic E-state index is 6.38. The number of benzene rings is 2. The van der Waals surface area contributed by atoms with Crippen LogP contribution in [-0.4, -0.2) is 0 Å². The Labute approximate surface area is 137 Å². The number of hydrogen-bond acceptors (Lipinski definition) is 0. The Hall–Kier alpha value is -0.110. The molecule has 0 nitrogen and oxygen atoms in total. The largest absolute Gasteiger partial charge is 0.117 e. The molecule has 0 saturated heterocycles. The molecule has 19 heavy (non-hydrogen) atoms. The Morgan fingerprint density at radius 3 is 2.00 bits per heavy atom. The molecule has 0 amide bonds. The Balaban J connectivity index is 2.20. The van der Waals surface area contributed by atoms with Gasteiger partial charge in [-0.05, 0) is 47.9 Å². The van der Waals surface area contributed by atoms with Gasteiger partial charge in [0.25, 0.3) is 0 Å². The SMILES string of the molecule is Clc1cc(Cl)cc(C(Cl)Cc2ccc(Cl)c(Cl)c2)c1. The van der Waals surface area contributed by atoms with E-state index in [0.29, 0.717) is 26.5 Å². The standard InChI is InChI=1S/C14H9Cl5/c15-10-5-9(6-11(16)7-10)13(18)3-8-1-2-12(17)14(19)4-8/h1-2,4-7,13H,3H2. The predicted molar refractivity (Wildman–Crippen MR) is 85.2 cm³/mol. The van der Waals surface area contributed by atoms with Crippen molar-refractivity contribution in [1.29, 1.82) is 0 Å². The molecule has 0 aliphatic carbocycles. The quantitative estimate of drug-likeness (QED) is 0.530. The minimum atomic E-state index is -0.228. The topological polar surface area (TPSA) is 0 Å². The third kappa shape index (κ3) is 4.18.